The molecular weight excluding hydrogens is 128 g/mol. The zero-order chi connectivity index (χ0) is 7.40. The molecule has 3 heteroatoms. The van der Waals surface area contributed by atoms with Crippen LogP contribution in [0.2, 0.25) is 0 Å². The molecule has 1 rings (SSSR count). The van der Waals surface area contributed by atoms with Gasteiger partial charge < -0.3 is 9.42 Å². The second-order valence-electron chi connectivity index (χ2n) is 2.32. The summed E-state index contributed by atoms with van der Waals surface area (Å²) in [5.74, 6) is 0. The van der Waals surface area contributed by atoms with Gasteiger partial charge in [-0.05, 0) is 13.6 Å². The first kappa shape index (κ1) is 7.28. The number of nitrogens with zero attached hydrogens (tertiary/aromatic N) is 2. The Morgan fingerprint density at radius 2 is 2.50 bits per heavy atom. The van der Waals surface area contributed by atoms with Crippen LogP contribution in [0.25, 0.3) is 0 Å². The standard InChI is InChI=1S/C7H12N2O/c1-3-9(2)6-7-4-5-10-8-7/h4-5H,3,6H2,1-2H3. The Morgan fingerprint density at radius 1 is 1.70 bits per heavy atom. The Bertz CT molecular complexity index is 172. The van der Waals surface area contributed by atoms with Crippen molar-refractivity contribution < 1.29 is 4.52 Å². The third kappa shape index (κ3) is 1.84. The summed E-state index contributed by atoms with van der Waals surface area (Å²) in [5, 5.41) is 3.79. The maximum absolute atomic E-state index is 4.68. The molecule has 1 aromatic rings. The highest BCUT2D eigenvalue weighted by Crippen LogP contribution is 1.97. The van der Waals surface area contributed by atoms with Gasteiger partial charge in [-0.15, -0.1) is 0 Å². The van der Waals surface area contributed by atoms with Crippen molar-refractivity contribution in [2.24, 2.45) is 0 Å². The summed E-state index contributed by atoms with van der Waals surface area (Å²) in [6.45, 7) is 4.01. The van der Waals surface area contributed by atoms with E-state index in [4.69, 9.17) is 0 Å². The molecule has 0 saturated heterocycles. The summed E-state index contributed by atoms with van der Waals surface area (Å²) in [7, 11) is 2.05. The zero-order valence-corrected chi connectivity index (χ0v) is 6.37. The molecule has 56 valence electrons. The van der Waals surface area contributed by atoms with Crippen LogP contribution in [0.4, 0.5) is 0 Å². The van der Waals surface area contributed by atoms with Crippen LogP contribution in [0.1, 0.15) is 12.6 Å². The molecule has 0 N–H and O–H groups in total. The van der Waals surface area contributed by atoms with E-state index in [-0.39, 0.29) is 0 Å². The fourth-order valence-electron chi connectivity index (χ4n) is 0.707. The minimum absolute atomic E-state index is 0.868. The monoisotopic (exact) mass is 140 g/mol. The van der Waals surface area contributed by atoms with Gasteiger partial charge in [-0.1, -0.05) is 12.1 Å². The Kier molecular flexibility index (Phi) is 2.45. The van der Waals surface area contributed by atoms with E-state index in [1.54, 1.807) is 6.26 Å². The molecule has 0 fully saturated rings. The van der Waals surface area contributed by atoms with E-state index in [2.05, 4.69) is 28.6 Å². The first-order chi connectivity index (χ1) is 4.83. The third-order valence-electron chi connectivity index (χ3n) is 1.46. The molecule has 0 bridgehead atoms. The molecular formula is C7H12N2O. The molecule has 0 aliphatic carbocycles. The van der Waals surface area contributed by atoms with Gasteiger partial charge in [0.1, 0.15) is 6.26 Å². The quantitative estimate of drug-likeness (QED) is 0.630. The van der Waals surface area contributed by atoms with Crippen molar-refractivity contribution in [1.29, 1.82) is 0 Å². The van der Waals surface area contributed by atoms with Crippen molar-refractivity contribution in [1.82, 2.24) is 10.1 Å². The summed E-state index contributed by atoms with van der Waals surface area (Å²) in [6, 6.07) is 1.88. The molecule has 0 unspecified atom stereocenters. The summed E-state index contributed by atoms with van der Waals surface area (Å²) in [4.78, 5) is 2.16. The van der Waals surface area contributed by atoms with Crippen molar-refractivity contribution in [2.75, 3.05) is 13.6 Å². The van der Waals surface area contributed by atoms with Crippen molar-refractivity contribution in [3.63, 3.8) is 0 Å². The lowest BCUT2D eigenvalue weighted by molar-refractivity contribution is 0.325. The summed E-state index contributed by atoms with van der Waals surface area (Å²) >= 11 is 0. The van der Waals surface area contributed by atoms with Crippen molar-refractivity contribution >= 4 is 0 Å². The highest BCUT2D eigenvalue weighted by molar-refractivity contribution is 4.94. The average molecular weight is 140 g/mol. The molecule has 0 aromatic carbocycles. The Balaban J connectivity index is 2.40. The van der Waals surface area contributed by atoms with Gasteiger partial charge in [0.15, 0.2) is 0 Å². The number of hydrogen-bond acceptors (Lipinski definition) is 3. The Labute approximate surface area is 60.6 Å². The molecule has 10 heavy (non-hydrogen) atoms. The molecule has 0 amide bonds. The number of hydrogen-bond donors (Lipinski definition) is 0. The van der Waals surface area contributed by atoms with E-state index in [1.165, 1.54) is 0 Å². The molecule has 0 aliphatic rings. The fraction of sp³-hybridized carbons (Fsp3) is 0.571. The highest BCUT2D eigenvalue weighted by atomic mass is 16.5. The maximum Gasteiger partial charge on any atom is 0.124 e. The first-order valence-electron chi connectivity index (χ1n) is 3.40. The minimum Gasteiger partial charge on any atom is -0.364 e. The van der Waals surface area contributed by atoms with Gasteiger partial charge in [0.05, 0.1) is 5.69 Å². The van der Waals surface area contributed by atoms with Crippen LogP contribution in [0.15, 0.2) is 16.9 Å². The fourth-order valence-corrected chi connectivity index (χ4v) is 0.707. The van der Waals surface area contributed by atoms with Gasteiger partial charge in [-0.3, -0.25) is 0 Å². The molecule has 0 spiro atoms. The molecule has 0 radical (unpaired) electrons. The van der Waals surface area contributed by atoms with E-state index >= 15 is 0 Å². The van der Waals surface area contributed by atoms with Crippen molar-refractivity contribution in [3.8, 4) is 0 Å². The van der Waals surface area contributed by atoms with Gasteiger partial charge >= 0.3 is 0 Å². The average Bonchev–Trinajstić information content (AvgIpc) is 2.40. The SMILES string of the molecule is CCN(C)Cc1ccon1. The normalized spacial score (nSPS) is 10.7. The molecule has 0 aliphatic heterocycles. The highest BCUT2D eigenvalue weighted by Gasteiger charge is 1.98. The second-order valence-corrected chi connectivity index (χ2v) is 2.32. The van der Waals surface area contributed by atoms with Gasteiger partial charge in [-0.2, -0.15) is 0 Å². The summed E-state index contributed by atoms with van der Waals surface area (Å²) in [6.07, 6.45) is 1.60. The maximum atomic E-state index is 4.68. The molecule has 1 aromatic heterocycles. The molecule has 0 atom stereocenters. The largest absolute Gasteiger partial charge is 0.364 e. The van der Waals surface area contributed by atoms with Crippen LogP contribution in [-0.4, -0.2) is 23.6 Å². The molecule has 0 saturated carbocycles. The predicted octanol–water partition coefficient (Wildman–Crippen LogP) is 1.13. The lowest BCUT2D eigenvalue weighted by Gasteiger charge is -2.09. The van der Waals surface area contributed by atoms with Crippen molar-refractivity contribution in [3.05, 3.63) is 18.0 Å². The van der Waals surface area contributed by atoms with Crippen molar-refractivity contribution in [2.45, 2.75) is 13.5 Å². The van der Waals surface area contributed by atoms with Crippen LogP contribution in [-0.2, 0) is 6.54 Å². The summed E-state index contributed by atoms with van der Waals surface area (Å²) in [5.41, 5.74) is 0.990. The smallest absolute Gasteiger partial charge is 0.124 e. The zero-order valence-electron chi connectivity index (χ0n) is 6.37. The van der Waals surface area contributed by atoms with Crippen LogP contribution in [0.3, 0.4) is 0 Å². The van der Waals surface area contributed by atoms with Gasteiger partial charge in [0, 0.05) is 12.6 Å². The number of aromatic nitrogens is 1. The van der Waals surface area contributed by atoms with E-state index in [9.17, 15) is 0 Å². The number of rotatable bonds is 3. The summed E-state index contributed by atoms with van der Waals surface area (Å²) < 4.78 is 4.68. The third-order valence-corrected chi connectivity index (χ3v) is 1.46. The van der Waals surface area contributed by atoms with Crippen LogP contribution in [0, 0.1) is 0 Å². The Morgan fingerprint density at radius 3 is 3.00 bits per heavy atom. The minimum atomic E-state index is 0.868. The van der Waals surface area contributed by atoms with E-state index in [0.717, 1.165) is 18.8 Å². The van der Waals surface area contributed by atoms with Crippen LogP contribution < -0.4 is 0 Å². The molecule has 1 heterocycles. The van der Waals surface area contributed by atoms with E-state index in [0.29, 0.717) is 0 Å². The van der Waals surface area contributed by atoms with E-state index in [1.807, 2.05) is 6.07 Å². The van der Waals surface area contributed by atoms with Gasteiger partial charge in [-0.25, -0.2) is 0 Å². The van der Waals surface area contributed by atoms with Crippen LogP contribution in [0.5, 0.6) is 0 Å². The second kappa shape index (κ2) is 3.37. The predicted molar refractivity (Wildman–Crippen MR) is 38.5 cm³/mol. The lowest BCUT2D eigenvalue weighted by atomic mass is 10.4. The topological polar surface area (TPSA) is 29.3 Å². The van der Waals surface area contributed by atoms with Gasteiger partial charge in [0.25, 0.3) is 0 Å². The van der Waals surface area contributed by atoms with Gasteiger partial charge in [0.2, 0.25) is 0 Å². The first-order valence-corrected chi connectivity index (χ1v) is 3.40. The Hall–Kier alpha value is -0.830. The van der Waals surface area contributed by atoms with Crippen LogP contribution >= 0.6 is 0 Å². The van der Waals surface area contributed by atoms with E-state index < -0.39 is 0 Å². The molecule has 3 nitrogen and oxygen atoms in total. The lowest BCUT2D eigenvalue weighted by Crippen LogP contribution is -2.16.